The number of hydrogen-bond donors (Lipinski definition) is 0. The van der Waals surface area contributed by atoms with E-state index in [1.165, 1.54) is 0 Å². The SMILES string of the molecule is O=C1c2cc(-c3ccccc3)nn2CCN1CCN1CCOCC1. The summed E-state index contributed by atoms with van der Waals surface area (Å²) < 4.78 is 7.21. The summed E-state index contributed by atoms with van der Waals surface area (Å²) in [6.07, 6.45) is 0. The monoisotopic (exact) mass is 326 g/mol. The van der Waals surface area contributed by atoms with Crippen LogP contribution in [0.5, 0.6) is 0 Å². The van der Waals surface area contributed by atoms with E-state index in [4.69, 9.17) is 4.74 Å². The summed E-state index contributed by atoms with van der Waals surface area (Å²) in [5, 5.41) is 4.60. The van der Waals surface area contributed by atoms with Crippen LogP contribution in [-0.4, -0.2) is 71.4 Å². The van der Waals surface area contributed by atoms with Crippen molar-refractivity contribution < 1.29 is 9.53 Å². The van der Waals surface area contributed by atoms with Gasteiger partial charge < -0.3 is 9.64 Å². The van der Waals surface area contributed by atoms with Crippen LogP contribution in [0.15, 0.2) is 36.4 Å². The van der Waals surface area contributed by atoms with Gasteiger partial charge >= 0.3 is 0 Å². The second-order valence-corrected chi connectivity index (χ2v) is 6.25. The molecule has 2 aliphatic heterocycles. The topological polar surface area (TPSA) is 50.6 Å². The highest BCUT2D eigenvalue weighted by Crippen LogP contribution is 2.22. The molecule has 1 saturated heterocycles. The van der Waals surface area contributed by atoms with Gasteiger partial charge in [-0.3, -0.25) is 14.4 Å². The molecule has 1 amide bonds. The van der Waals surface area contributed by atoms with Crippen molar-refractivity contribution in [3.63, 3.8) is 0 Å². The Kier molecular flexibility index (Phi) is 4.32. The highest BCUT2D eigenvalue weighted by Gasteiger charge is 2.27. The summed E-state index contributed by atoms with van der Waals surface area (Å²) in [4.78, 5) is 17.1. The number of rotatable bonds is 4. The third-order valence-electron chi connectivity index (χ3n) is 4.73. The minimum Gasteiger partial charge on any atom is -0.379 e. The van der Waals surface area contributed by atoms with Crippen molar-refractivity contribution in [1.82, 2.24) is 19.6 Å². The second-order valence-electron chi connectivity index (χ2n) is 6.25. The lowest BCUT2D eigenvalue weighted by Crippen LogP contribution is -2.46. The molecule has 0 bridgehead atoms. The van der Waals surface area contributed by atoms with Crippen molar-refractivity contribution >= 4 is 5.91 Å². The Labute approximate surface area is 141 Å². The zero-order valence-electron chi connectivity index (χ0n) is 13.7. The van der Waals surface area contributed by atoms with Crippen LogP contribution < -0.4 is 0 Å². The number of hydrogen-bond acceptors (Lipinski definition) is 4. The van der Waals surface area contributed by atoms with E-state index < -0.39 is 0 Å². The number of benzene rings is 1. The predicted molar refractivity (Wildman–Crippen MR) is 90.8 cm³/mol. The average Bonchev–Trinajstić information content (AvgIpc) is 3.08. The lowest BCUT2D eigenvalue weighted by Gasteiger charge is -2.32. The van der Waals surface area contributed by atoms with Gasteiger partial charge in [0.2, 0.25) is 0 Å². The molecule has 2 aliphatic rings. The van der Waals surface area contributed by atoms with Gasteiger partial charge in [-0.05, 0) is 6.07 Å². The normalized spacial score (nSPS) is 18.7. The van der Waals surface area contributed by atoms with E-state index in [2.05, 4.69) is 10.00 Å². The van der Waals surface area contributed by atoms with Crippen LogP contribution in [0, 0.1) is 0 Å². The van der Waals surface area contributed by atoms with Crippen LogP contribution in [0.3, 0.4) is 0 Å². The van der Waals surface area contributed by atoms with E-state index in [1.54, 1.807) is 0 Å². The van der Waals surface area contributed by atoms with Crippen molar-refractivity contribution in [2.45, 2.75) is 6.54 Å². The smallest absolute Gasteiger partial charge is 0.272 e. The molecule has 0 unspecified atom stereocenters. The molecule has 6 nitrogen and oxygen atoms in total. The summed E-state index contributed by atoms with van der Waals surface area (Å²) in [5.41, 5.74) is 2.61. The van der Waals surface area contributed by atoms with Gasteiger partial charge in [-0.1, -0.05) is 30.3 Å². The molecule has 1 fully saturated rings. The number of morpholine rings is 1. The number of amides is 1. The van der Waals surface area contributed by atoms with Gasteiger partial charge in [0.1, 0.15) is 5.69 Å². The molecule has 0 N–H and O–H groups in total. The van der Waals surface area contributed by atoms with Crippen LogP contribution in [0.2, 0.25) is 0 Å². The third kappa shape index (κ3) is 3.07. The zero-order valence-corrected chi connectivity index (χ0v) is 13.7. The van der Waals surface area contributed by atoms with Gasteiger partial charge in [-0.15, -0.1) is 0 Å². The molecular formula is C18H22N4O2. The van der Waals surface area contributed by atoms with Crippen molar-refractivity contribution in [3.05, 3.63) is 42.1 Å². The first-order valence-corrected chi connectivity index (χ1v) is 8.54. The molecule has 1 aromatic carbocycles. The largest absolute Gasteiger partial charge is 0.379 e. The Hall–Kier alpha value is -2.18. The number of fused-ring (bicyclic) bond motifs is 1. The Morgan fingerprint density at radius 3 is 2.58 bits per heavy atom. The van der Waals surface area contributed by atoms with Crippen molar-refractivity contribution in [3.8, 4) is 11.3 Å². The highest BCUT2D eigenvalue weighted by molar-refractivity contribution is 5.94. The highest BCUT2D eigenvalue weighted by atomic mass is 16.5. The van der Waals surface area contributed by atoms with E-state index in [-0.39, 0.29) is 5.91 Å². The molecule has 4 rings (SSSR count). The molecule has 0 aliphatic carbocycles. The third-order valence-corrected chi connectivity index (χ3v) is 4.73. The molecule has 126 valence electrons. The van der Waals surface area contributed by atoms with Crippen LogP contribution in [0.1, 0.15) is 10.5 Å². The first-order valence-electron chi connectivity index (χ1n) is 8.54. The maximum absolute atomic E-state index is 12.8. The summed E-state index contributed by atoms with van der Waals surface area (Å²) >= 11 is 0. The van der Waals surface area contributed by atoms with Gasteiger partial charge in [-0.25, -0.2) is 0 Å². The minimum absolute atomic E-state index is 0.0872. The lowest BCUT2D eigenvalue weighted by molar-refractivity contribution is 0.0313. The van der Waals surface area contributed by atoms with E-state index in [0.29, 0.717) is 5.69 Å². The van der Waals surface area contributed by atoms with Gasteiger partial charge in [0.15, 0.2) is 0 Å². The van der Waals surface area contributed by atoms with E-state index in [0.717, 1.165) is 63.7 Å². The Balaban J connectivity index is 1.45. The first kappa shape index (κ1) is 15.4. The summed E-state index contributed by atoms with van der Waals surface area (Å²) in [6, 6.07) is 11.9. The molecule has 0 atom stereocenters. The van der Waals surface area contributed by atoms with Crippen LogP contribution in [-0.2, 0) is 11.3 Å². The minimum atomic E-state index is 0.0872. The zero-order chi connectivity index (χ0) is 16.4. The molecule has 1 aromatic heterocycles. The quantitative estimate of drug-likeness (QED) is 0.851. The standard InChI is InChI=1S/C18H22N4O2/c23-18-17-14-16(15-4-2-1-3-5-15)19-22(17)9-8-21(18)7-6-20-10-12-24-13-11-20/h1-5,14H,6-13H2. The van der Waals surface area contributed by atoms with Gasteiger partial charge in [0.05, 0.1) is 25.5 Å². The Morgan fingerprint density at radius 1 is 1.00 bits per heavy atom. The second kappa shape index (κ2) is 6.75. The summed E-state index contributed by atoms with van der Waals surface area (Å²) in [5.74, 6) is 0.0872. The van der Waals surface area contributed by atoms with E-state index in [1.807, 2.05) is 46.0 Å². The molecule has 2 aromatic rings. The molecule has 0 saturated carbocycles. The average molecular weight is 326 g/mol. The molecule has 6 heteroatoms. The van der Waals surface area contributed by atoms with Crippen molar-refractivity contribution in [2.75, 3.05) is 45.9 Å². The van der Waals surface area contributed by atoms with Gasteiger partial charge in [0.25, 0.3) is 5.91 Å². The number of carbonyl (C=O) groups is 1. The van der Waals surface area contributed by atoms with Crippen LogP contribution in [0.25, 0.3) is 11.3 Å². The Morgan fingerprint density at radius 2 is 1.79 bits per heavy atom. The van der Waals surface area contributed by atoms with Crippen molar-refractivity contribution in [1.29, 1.82) is 0 Å². The molecule has 0 radical (unpaired) electrons. The summed E-state index contributed by atoms with van der Waals surface area (Å²) in [7, 11) is 0. The molecular weight excluding hydrogens is 304 g/mol. The van der Waals surface area contributed by atoms with Crippen molar-refractivity contribution in [2.24, 2.45) is 0 Å². The summed E-state index contributed by atoms with van der Waals surface area (Å²) in [6.45, 7) is 6.67. The maximum atomic E-state index is 12.8. The number of aromatic nitrogens is 2. The fourth-order valence-corrected chi connectivity index (χ4v) is 3.29. The van der Waals surface area contributed by atoms with E-state index >= 15 is 0 Å². The van der Waals surface area contributed by atoms with E-state index in [9.17, 15) is 4.79 Å². The number of nitrogens with zero attached hydrogens (tertiary/aromatic N) is 4. The van der Waals surface area contributed by atoms with Crippen LogP contribution >= 0.6 is 0 Å². The lowest BCUT2D eigenvalue weighted by atomic mass is 10.1. The fraction of sp³-hybridized carbons (Fsp3) is 0.444. The number of ether oxygens (including phenoxy) is 1. The number of carbonyl (C=O) groups excluding carboxylic acids is 1. The first-order chi connectivity index (χ1) is 11.8. The van der Waals surface area contributed by atoms with Gasteiger partial charge in [0, 0.05) is 38.3 Å². The van der Waals surface area contributed by atoms with Gasteiger partial charge in [-0.2, -0.15) is 5.10 Å². The predicted octanol–water partition coefficient (Wildman–Crippen LogP) is 1.34. The Bertz CT molecular complexity index is 707. The molecule has 0 spiro atoms. The van der Waals surface area contributed by atoms with Crippen LogP contribution in [0.4, 0.5) is 0 Å². The molecule has 24 heavy (non-hydrogen) atoms. The fourth-order valence-electron chi connectivity index (χ4n) is 3.29. The molecule has 3 heterocycles. The maximum Gasteiger partial charge on any atom is 0.272 e.